The normalized spacial score (nSPS) is 10.1. The fourth-order valence-corrected chi connectivity index (χ4v) is 2.35. The standard InChI is InChI=1S/C14H20N2O4S/c1-16(13(18)6-2-3-7-14(19)20)10-12(17)15-9-11-5-4-8-21-11/h4-5,8H,2-3,6-7,9-10H2,1H3,(H,15,17)(H,19,20). The number of hydrogen-bond donors (Lipinski definition) is 2. The van der Waals surface area contributed by atoms with Gasteiger partial charge in [-0.05, 0) is 24.3 Å². The number of carbonyl (C=O) groups excluding carboxylic acids is 2. The van der Waals surface area contributed by atoms with E-state index in [0.717, 1.165) is 4.88 Å². The first-order valence-electron chi connectivity index (χ1n) is 6.74. The van der Waals surface area contributed by atoms with Gasteiger partial charge >= 0.3 is 5.97 Å². The molecule has 0 aliphatic rings. The summed E-state index contributed by atoms with van der Waals surface area (Å²) in [6.45, 7) is 0.486. The molecule has 0 aromatic carbocycles. The summed E-state index contributed by atoms with van der Waals surface area (Å²) in [4.78, 5) is 36.2. The van der Waals surface area contributed by atoms with Gasteiger partial charge in [0.15, 0.2) is 0 Å². The molecular formula is C14H20N2O4S. The predicted molar refractivity (Wildman–Crippen MR) is 79.9 cm³/mol. The van der Waals surface area contributed by atoms with Crippen molar-refractivity contribution in [1.82, 2.24) is 10.2 Å². The molecule has 1 heterocycles. The second-order valence-corrected chi connectivity index (χ2v) is 5.74. The van der Waals surface area contributed by atoms with Gasteiger partial charge in [-0.1, -0.05) is 6.07 Å². The van der Waals surface area contributed by atoms with Crippen LogP contribution in [-0.4, -0.2) is 41.4 Å². The van der Waals surface area contributed by atoms with Gasteiger partial charge in [0.25, 0.3) is 0 Å². The van der Waals surface area contributed by atoms with Crippen LogP contribution in [0.3, 0.4) is 0 Å². The minimum atomic E-state index is -0.858. The molecule has 0 saturated carbocycles. The Morgan fingerprint density at radius 2 is 2.00 bits per heavy atom. The Morgan fingerprint density at radius 1 is 1.29 bits per heavy atom. The maximum absolute atomic E-state index is 11.8. The van der Waals surface area contributed by atoms with E-state index in [1.54, 1.807) is 18.4 Å². The van der Waals surface area contributed by atoms with E-state index in [9.17, 15) is 14.4 Å². The summed E-state index contributed by atoms with van der Waals surface area (Å²) in [5.41, 5.74) is 0. The molecule has 7 heteroatoms. The van der Waals surface area contributed by atoms with Gasteiger partial charge in [0.05, 0.1) is 13.1 Å². The Morgan fingerprint density at radius 3 is 2.62 bits per heavy atom. The van der Waals surface area contributed by atoms with Crippen LogP contribution in [0.25, 0.3) is 0 Å². The summed E-state index contributed by atoms with van der Waals surface area (Å²) in [7, 11) is 1.57. The van der Waals surface area contributed by atoms with Gasteiger partial charge in [0.2, 0.25) is 11.8 Å². The Hall–Kier alpha value is -1.89. The van der Waals surface area contributed by atoms with Gasteiger partial charge in [-0.25, -0.2) is 0 Å². The first-order valence-corrected chi connectivity index (χ1v) is 7.62. The molecule has 0 unspecified atom stereocenters. The van der Waals surface area contributed by atoms with E-state index >= 15 is 0 Å². The molecule has 1 aromatic heterocycles. The number of carboxylic acid groups (broad SMARTS) is 1. The molecule has 0 radical (unpaired) electrons. The minimum absolute atomic E-state index is 0.0170. The number of carbonyl (C=O) groups is 3. The van der Waals surface area contributed by atoms with Crippen LogP contribution >= 0.6 is 11.3 Å². The molecule has 6 nitrogen and oxygen atoms in total. The van der Waals surface area contributed by atoms with Crippen LogP contribution in [0, 0.1) is 0 Å². The van der Waals surface area contributed by atoms with Gasteiger partial charge < -0.3 is 15.3 Å². The molecule has 21 heavy (non-hydrogen) atoms. The van der Waals surface area contributed by atoms with E-state index in [1.165, 1.54) is 4.90 Å². The SMILES string of the molecule is CN(CC(=O)NCc1cccs1)C(=O)CCCCC(=O)O. The van der Waals surface area contributed by atoms with Crippen molar-refractivity contribution >= 4 is 29.1 Å². The highest BCUT2D eigenvalue weighted by atomic mass is 32.1. The number of nitrogens with one attached hydrogen (secondary N) is 1. The third-order valence-corrected chi connectivity index (χ3v) is 3.75. The fourth-order valence-electron chi connectivity index (χ4n) is 1.70. The average molecular weight is 312 g/mol. The smallest absolute Gasteiger partial charge is 0.303 e. The van der Waals surface area contributed by atoms with Crippen molar-refractivity contribution in [2.75, 3.05) is 13.6 Å². The topological polar surface area (TPSA) is 86.7 Å². The van der Waals surface area contributed by atoms with E-state index in [4.69, 9.17) is 5.11 Å². The van der Waals surface area contributed by atoms with Gasteiger partial charge in [-0.2, -0.15) is 0 Å². The summed E-state index contributed by atoms with van der Waals surface area (Å²) >= 11 is 1.56. The highest BCUT2D eigenvalue weighted by Gasteiger charge is 2.12. The second-order valence-electron chi connectivity index (χ2n) is 4.71. The lowest BCUT2D eigenvalue weighted by atomic mass is 10.2. The Bertz CT molecular complexity index is 473. The molecule has 0 aliphatic heterocycles. The van der Waals surface area contributed by atoms with Crippen molar-refractivity contribution < 1.29 is 19.5 Å². The van der Waals surface area contributed by atoms with E-state index in [-0.39, 0.29) is 31.2 Å². The molecule has 0 fully saturated rings. The number of aliphatic carboxylic acids is 1. The van der Waals surface area contributed by atoms with Gasteiger partial charge in [-0.15, -0.1) is 11.3 Å². The van der Waals surface area contributed by atoms with E-state index in [2.05, 4.69) is 5.32 Å². The molecule has 0 saturated heterocycles. The quantitative estimate of drug-likeness (QED) is 0.676. The van der Waals surface area contributed by atoms with E-state index in [1.807, 2.05) is 17.5 Å². The largest absolute Gasteiger partial charge is 0.481 e. The summed E-state index contributed by atoms with van der Waals surface area (Å²) in [5, 5.41) is 13.2. The molecule has 1 aromatic rings. The highest BCUT2D eigenvalue weighted by Crippen LogP contribution is 2.07. The summed E-state index contributed by atoms with van der Waals surface area (Å²) in [6, 6.07) is 3.85. The van der Waals surface area contributed by atoms with Crippen molar-refractivity contribution in [3.05, 3.63) is 22.4 Å². The predicted octanol–water partition coefficient (Wildman–Crippen LogP) is 1.47. The van der Waals surface area contributed by atoms with Crippen molar-refractivity contribution in [1.29, 1.82) is 0 Å². The maximum atomic E-state index is 11.8. The molecule has 0 bridgehead atoms. The third kappa shape index (κ3) is 7.45. The zero-order chi connectivity index (χ0) is 15.7. The number of likely N-dealkylation sites (N-methyl/N-ethyl adjacent to an activating group) is 1. The second kappa shape index (κ2) is 9.12. The molecule has 0 atom stereocenters. The van der Waals surface area contributed by atoms with Crippen molar-refractivity contribution in [2.45, 2.75) is 32.2 Å². The molecule has 1 rings (SSSR count). The molecule has 2 amide bonds. The fraction of sp³-hybridized carbons (Fsp3) is 0.500. The Kier molecular flexibility index (Phi) is 7.45. The number of nitrogens with zero attached hydrogens (tertiary/aromatic N) is 1. The zero-order valence-electron chi connectivity index (χ0n) is 12.0. The van der Waals surface area contributed by atoms with Gasteiger partial charge in [0, 0.05) is 24.8 Å². The van der Waals surface area contributed by atoms with Crippen molar-refractivity contribution in [3.63, 3.8) is 0 Å². The van der Waals surface area contributed by atoms with Crippen LogP contribution in [0.1, 0.15) is 30.6 Å². The number of carboxylic acids is 1. The Balaban J connectivity index is 2.18. The Labute approximate surface area is 127 Å². The molecule has 0 spiro atoms. The van der Waals surface area contributed by atoms with Crippen LogP contribution in [0.5, 0.6) is 0 Å². The number of rotatable bonds is 9. The number of amides is 2. The summed E-state index contributed by atoms with van der Waals surface area (Å²) in [6.07, 6.45) is 1.33. The number of unbranched alkanes of at least 4 members (excludes halogenated alkanes) is 1. The van der Waals surface area contributed by atoms with Crippen LogP contribution in [0.2, 0.25) is 0 Å². The van der Waals surface area contributed by atoms with Crippen LogP contribution in [-0.2, 0) is 20.9 Å². The van der Waals surface area contributed by atoms with Crippen molar-refractivity contribution in [2.24, 2.45) is 0 Å². The highest BCUT2D eigenvalue weighted by molar-refractivity contribution is 7.09. The zero-order valence-corrected chi connectivity index (χ0v) is 12.8. The van der Waals surface area contributed by atoms with Crippen LogP contribution < -0.4 is 5.32 Å². The molecule has 0 aliphatic carbocycles. The van der Waals surface area contributed by atoms with Gasteiger partial charge in [-0.3, -0.25) is 14.4 Å². The first kappa shape index (κ1) is 17.2. The average Bonchev–Trinajstić information content (AvgIpc) is 2.94. The number of thiophene rings is 1. The third-order valence-electron chi connectivity index (χ3n) is 2.88. The molecule has 116 valence electrons. The van der Waals surface area contributed by atoms with Crippen LogP contribution in [0.15, 0.2) is 17.5 Å². The minimum Gasteiger partial charge on any atom is -0.481 e. The van der Waals surface area contributed by atoms with Crippen molar-refractivity contribution in [3.8, 4) is 0 Å². The lowest BCUT2D eigenvalue weighted by molar-refractivity contribution is -0.137. The van der Waals surface area contributed by atoms with Gasteiger partial charge in [0.1, 0.15) is 0 Å². The molecular weight excluding hydrogens is 292 g/mol. The monoisotopic (exact) mass is 312 g/mol. The van der Waals surface area contributed by atoms with Crippen LogP contribution in [0.4, 0.5) is 0 Å². The van der Waals surface area contributed by atoms with E-state index in [0.29, 0.717) is 19.4 Å². The molecule has 2 N–H and O–H groups in total. The lowest BCUT2D eigenvalue weighted by Crippen LogP contribution is -2.37. The summed E-state index contributed by atoms with van der Waals surface area (Å²) in [5.74, 6) is -1.21. The lowest BCUT2D eigenvalue weighted by Gasteiger charge is -2.16. The maximum Gasteiger partial charge on any atom is 0.303 e. The summed E-state index contributed by atoms with van der Waals surface area (Å²) < 4.78 is 0. The number of hydrogen-bond acceptors (Lipinski definition) is 4. The first-order chi connectivity index (χ1) is 9.99. The van der Waals surface area contributed by atoms with E-state index < -0.39 is 5.97 Å².